The summed E-state index contributed by atoms with van der Waals surface area (Å²) in [6.45, 7) is 1.84. The van der Waals surface area contributed by atoms with Crippen LogP contribution in [0.4, 0.5) is 0 Å². The number of carbonyl (C=O) groups is 1. The van der Waals surface area contributed by atoms with Crippen LogP contribution in [0, 0.1) is 0 Å². The van der Waals surface area contributed by atoms with Crippen molar-refractivity contribution in [2.45, 2.75) is 25.3 Å². The fourth-order valence-electron chi connectivity index (χ4n) is 2.01. The Balaban J connectivity index is 0.00000144. The summed E-state index contributed by atoms with van der Waals surface area (Å²) in [7, 11) is 0. The van der Waals surface area contributed by atoms with Crippen LogP contribution in [-0.2, 0) is 11.2 Å². The van der Waals surface area contributed by atoms with Crippen LogP contribution in [0.3, 0.4) is 0 Å². The average Bonchev–Trinajstić information content (AvgIpc) is 2.81. The van der Waals surface area contributed by atoms with E-state index in [0.29, 0.717) is 12.5 Å². The van der Waals surface area contributed by atoms with Crippen LogP contribution in [0.1, 0.15) is 18.4 Å². The second kappa shape index (κ2) is 7.30. The van der Waals surface area contributed by atoms with E-state index in [1.54, 1.807) is 0 Å². The Hall–Kier alpha value is -1.06. The molecule has 1 heterocycles. The summed E-state index contributed by atoms with van der Waals surface area (Å²) in [5, 5.41) is 6.33. The fourth-order valence-corrected chi connectivity index (χ4v) is 2.01. The molecule has 1 unspecified atom stereocenters. The smallest absolute Gasteiger partial charge is 0.224 e. The molecule has 0 aliphatic carbocycles. The summed E-state index contributed by atoms with van der Waals surface area (Å²) in [6.07, 6.45) is 2.87. The quantitative estimate of drug-likeness (QED) is 0.856. The molecule has 0 spiro atoms. The Bertz CT molecular complexity index is 337. The molecule has 1 aromatic carbocycles. The Morgan fingerprint density at radius 1 is 1.35 bits per heavy atom. The van der Waals surface area contributed by atoms with E-state index in [1.165, 1.54) is 12.8 Å². The van der Waals surface area contributed by atoms with Crippen molar-refractivity contribution in [1.82, 2.24) is 10.6 Å². The SMILES string of the molecule is Cl.O=C(Cc1ccccc1)NCC1CCCN1. The van der Waals surface area contributed by atoms with Gasteiger partial charge in [-0.25, -0.2) is 0 Å². The van der Waals surface area contributed by atoms with Gasteiger partial charge in [-0.05, 0) is 24.9 Å². The molecule has 0 saturated carbocycles. The lowest BCUT2D eigenvalue weighted by molar-refractivity contribution is -0.120. The lowest BCUT2D eigenvalue weighted by atomic mass is 10.1. The highest BCUT2D eigenvalue weighted by Crippen LogP contribution is 2.03. The zero-order valence-corrected chi connectivity index (χ0v) is 10.6. The third-order valence-corrected chi connectivity index (χ3v) is 2.92. The van der Waals surface area contributed by atoms with Crippen LogP contribution >= 0.6 is 12.4 Å². The molecule has 1 aliphatic heterocycles. The fraction of sp³-hybridized carbons (Fsp3) is 0.462. The molecule has 0 aromatic heterocycles. The molecule has 94 valence electrons. The van der Waals surface area contributed by atoms with Gasteiger partial charge in [0.2, 0.25) is 5.91 Å². The average molecular weight is 255 g/mol. The number of nitrogens with one attached hydrogen (secondary N) is 2. The van der Waals surface area contributed by atoms with E-state index in [9.17, 15) is 4.79 Å². The molecule has 1 saturated heterocycles. The van der Waals surface area contributed by atoms with E-state index in [1.807, 2.05) is 30.3 Å². The summed E-state index contributed by atoms with van der Waals surface area (Å²) in [5.41, 5.74) is 1.07. The zero-order valence-electron chi connectivity index (χ0n) is 9.82. The van der Waals surface area contributed by atoms with Crippen molar-refractivity contribution in [2.24, 2.45) is 0 Å². The van der Waals surface area contributed by atoms with Crippen molar-refractivity contribution >= 4 is 18.3 Å². The Kier molecular flexibility index (Phi) is 6.01. The number of halogens is 1. The van der Waals surface area contributed by atoms with Gasteiger partial charge in [0.1, 0.15) is 0 Å². The van der Waals surface area contributed by atoms with E-state index < -0.39 is 0 Å². The van der Waals surface area contributed by atoms with Gasteiger partial charge in [0.15, 0.2) is 0 Å². The topological polar surface area (TPSA) is 41.1 Å². The van der Waals surface area contributed by atoms with Gasteiger partial charge in [-0.2, -0.15) is 0 Å². The Morgan fingerprint density at radius 2 is 2.12 bits per heavy atom. The predicted molar refractivity (Wildman–Crippen MR) is 71.4 cm³/mol. The number of rotatable bonds is 4. The van der Waals surface area contributed by atoms with Gasteiger partial charge >= 0.3 is 0 Å². The molecule has 3 nitrogen and oxygen atoms in total. The van der Waals surface area contributed by atoms with Crippen molar-refractivity contribution in [3.63, 3.8) is 0 Å². The highest BCUT2D eigenvalue weighted by molar-refractivity contribution is 5.85. The van der Waals surface area contributed by atoms with Gasteiger partial charge in [-0.1, -0.05) is 30.3 Å². The molecule has 1 atom stereocenters. The van der Waals surface area contributed by atoms with Crippen LogP contribution < -0.4 is 10.6 Å². The number of amides is 1. The number of hydrogen-bond donors (Lipinski definition) is 2. The van der Waals surface area contributed by atoms with Gasteiger partial charge in [0.05, 0.1) is 6.42 Å². The number of benzene rings is 1. The molecule has 1 aromatic rings. The largest absolute Gasteiger partial charge is 0.354 e. The van der Waals surface area contributed by atoms with Gasteiger partial charge < -0.3 is 10.6 Å². The lowest BCUT2D eigenvalue weighted by Gasteiger charge is -2.11. The minimum atomic E-state index is 0. The summed E-state index contributed by atoms with van der Waals surface area (Å²) >= 11 is 0. The van der Waals surface area contributed by atoms with E-state index in [4.69, 9.17) is 0 Å². The van der Waals surface area contributed by atoms with E-state index in [-0.39, 0.29) is 18.3 Å². The van der Waals surface area contributed by atoms with E-state index >= 15 is 0 Å². The van der Waals surface area contributed by atoms with Crippen LogP contribution in [0.25, 0.3) is 0 Å². The number of carbonyl (C=O) groups excluding carboxylic acids is 1. The van der Waals surface area contributed by atoms with Crippen molar-refractivity contribution in [2.75, 3.05) is 13.1 Å². The van der Waals surface area contributed by atoms with Crippen LogP contribution in [-0.4, -0.2) is 25.0 Å². The maximum absolute atomic E-state index is 11.6. The standard InChI is InChI=1S/C13H18N2O.ClH/c16-13(9-11-5-2-1-3-6-11)15-10-12-7-4-8-14-12;/h1-3,5-6,12,14H,4,7-10H2,(H,15,16);1H. The maximum Gasteiger partial charge on any atom is 0.224 e. The molecule has 0 radical (unpaired) electrons. The van der Waals surface area contributed by atoms with E-state index in [0.717, 1.165) is 18.7 Å². The minimum Gasteiger partial charge on any atom is -0.354 e. The highest BCUT2D eigenvalue weighted by atomic mass is 35.5. The van der Waals surface area contributed by atoms with Crippen molar-refractivity contribution < 1.29 is 4.79 Å². The molecule has 1 aliphatic rings. The summed E-state index contributed by atoms with van der Waals surface area (Å²) in [5.74, 6) is 0.111. The second-order valence-corrected chi connectivity index (χ2v) is 4.26. The zero-order chi connectivity index (χ0) is 11.2. The van der Waals surface area contributed by atoms with Crippen molar-refractivity contribution in [1.29, 1.82) is 0 Å². The molecule has 4 heteroatoms. The first-order chi connectivity index (χ1) is 7.84. The van der Waals surface area contributed by atoms with Crippen LogP contribution in [0.5, 0.6) is 0 Å². The summed E-state index contributed by atoms with van der Waals surface area (Å²) in [6, 6.07) is 10.3. The van der Waals surface area contributed by atoms with Crippen molar-refractivity contribution in [3.05, 3.63) is 35.9 Å². The molecule has 0 bridgehead atoms. The predicted octanol–water partition coefficient (Wildman–Crippen LogP) is 1.52. The molecule has 2 N–H and O–H groups in total. The highest BCUT2D eigenvalue weighted by Gasteiger charge is 2.14. The first kappa shape index (κ1) is 14.0. The first-order valence-electron chi connectivity index (χ1n) is 5.88. The summed E-state index contributed by atoms with van der Waals surface area (Å²) < 4.78 is 0. The van der Waals surface area contributed by atoms with Gasteiger partial charge in [-0.3, -0.25) is 4.79 Å². The second-order valence-electron chi connectivity index (χ2n) is 4.26. The third-order valence-electron chi connectivity index (χ3n) is 2.92. The lowest BCUT2D eigenvalue weighted by Crippen LogP contribution is -2.37. The van der Waals surface area contributed by atoms with Gasteiger partial charge in [-0.15, -0.1) is 12.4 Å². The summed E-state index contributed by atoms with van der Waals surface area (Å²) in [4.78, 5) is 11.6. The van der Waals surface area contributed by atoms with E-state index in [2.05, 4.69) is 10.6 Å². The van der Waals surface area contributed by atoms with Crippen LogP contribution in [0.15, 0.2) is 30.3 Å². The molecule has 1 amide bonds. The first-order valence-corrected chi connectivity index (χ1v) is 5.88. The molecule has 1 fully saturated rings. The van der Waals surface area contributed by atoms with Crippen LogP contribution in [0.2, 0.25) is 0 Å². The Morgan fingerprint density at radius 3 is 2.76 bits per heavy atom. The normalized spacial score (nSPS) is 18.5. The molecular weight excluding hydrogens is 236 g/mol. The molecular formula is C13H19ClN2O. The van der Waals surface area contributed by atoms with Crippen molar-refractivity contribution in [3.8, 4) is 0 Å². The minimum absolute atomic E-state index is 0. The molecule has 2 rings (SSSR count). The maximum atomic E-state index is 11.6. The third kappa shape index (κ3) is 4.75. The Labute approximate surface area is 108 Å². The van der Waals surface area contributed by atoms with Gasteiger partial charge in [0, 0.05) is 12.6 Å². The number of hydrogen-bond acceptors (Lipinski definition) is 2. The van der Waals surface area contributed by atoms with Gasteiger partial charge in [0.25, 0.3) is 0 Å². The monoisotopic (exact) mass is 254 g/mol. The molecule has 17 heavy (non-hydrogen) atoms.